The summed E-state index contributed by atoms with van der Waals surface area (Å²) < 4.78 is 10.3. The van der Waals surface area contributed by atoms with Gasteiger partial charge in [-0.05, 0) is 23.8 Å². The monoisotopic (exact) mass is 310 g/mol. The molecular weight excluding hydrogens is 292 g/mol. The lowest BCUT2D eigenvalue weighted by molar-refractivity contribution is 0.0954. The highest BCUT2D eigenvalue weighted by atomic mass is 16.5. The van der Waals surface area contributed by atoms with Crippen molar-refractivity contribution in [3.8, 4) is 11.5 Å². The minimum atomic E-state index is -0.341. The molecule has 0 aliphatic heterocycles. The van der Waals surface area contributed by atoms with Crippen molar-refractivity contribution < 1.29 is 14.3 Å². The van der Waals surface area contributed by atoms with E-state index < -0.39 is 0 Å². The van der Waals surface area contributed by atoms with Crippen molar-refractivity contribution in [1.82, 2.24) is 5.43 Å². The predicted octanol–water partition coefficient (Wildman–Crippen LogP) is 3.13. The molecule has 0 radical (unpaired) electrons. The Hall–Kier alpha value is -3.08. The molecule has 0 spiro atoms. The molecule has 118 valence electrons. The zero-order valence-corrected chi connectivity index (χ0v) is 13.0. The summed E-state index contributed by atoms with van der Waals surface area (Å²) in [5.74, 6) is 0.747. The Balaban J connectivity index is 1.96. The normalized spacial score (nSPS) is 10.9. The number of methoxy groups -OCH3 is 2. The number of allylic oxidation sites excluding steroid dienone is 1. The summed E-state index contributed by atoms with van der Waals surface area (Å²) in [7, 11) is 3.06. The van der Waals surface area contributed by atoms with Crippen LogP contribution in [-0.4, -0.2) is 26.3 Å². The van der Waals surface area contributed by atoms with Gasteiger partial charge in [0.25, 0.3) is 5.91 Å². The van der Waals surface area contributed by atoms with E-state index in [4.69, 9.17) is 9.47 Å². The Morgan fingerprint density at radius 3 is 2.30 bits per heavy atom. The first-order chi connectivity index (χ1) is 11.2. The van der Waals surface area contributed by atoms with E-state index >= 15 is 0 Å². The van der Waals surface area contributed by atoms with Gasteiger partial charge >= 0.3 is 0 Å². The van der Waals surface area contributed by atoms with Gasteiger partial charge < -0.3 is 9.47 Å². The Morgan fingerprint density at radius 2 is 1.70 bits per heavy atom. The van der Waals surface area contributed by atoms with Crippen LogP contribution in [0.2, 0.25) is 0 Å². The largest absolute Gasteiger partial charge is 0.497 e. The zero-order chi connectivity index (χ0) is 16.5. The van der Waals surface area contributed by atoms with Crippen LogP contribution in [0.1, 0.15) is 15.9 Å². The number of benzene rings is 2. The van der Waals surface area contributed by atoms with Crippen LogP contribution in [0.3, 0.4) is 0 Å². The number of ether oxygens (including phenoxy) is 2. The molecule has 0 aliphatic carbocycles. The van der Waals surface area contributed by atoms with Crippen molar-refractivity contribution in [2.45, 2.75) is 0 Å². The van der Waals surface area contributed by atoms with E-state index in [0.717, 1.165) is 5.56 Å². The first kappa shape index (κ1) is 16.3. The number of hydrazone groups is 1. The summed E-state index contributed by atoms with van der Waals surface area (Å²) in [6, 6.07) is 14.7. The lowest BCUT2D eigenvalue weighted by Crippen LogP contribution is -2.17. The topological polar surface area (TPSA) is 59.9 Å². The molecule has 0 saturated carbocycles. The van der Waals surface area contributed by atoms with Crippen LogP contribution < -0.4 is 14.9 Å². The standard InChI is InChI=1S/C18H18N2O3/c1-22-16-11-15(12-17(13-16)23-2)18(21)20-19-10-6-9-14-7-4-3-5-8-14/h3-13H,1-2H3,(H,20,21)/b9-6+,19-10+. The molecule has 0 fully saturated rings. The maximum atomic E-state index is 12.1. The SMILES string of the molecule is COc1cc(OC)cc(C(=O)N/N=C/C=C/c2ccccc2)c1. The molecule has 2 rings (SSSR count). The van der Waals surface area contributed by atoms with Crippen LogP contribution in [0.25, 0.3) is 6.08 Å². The highest BCUT2D eigenvalue weighted by molar-refractivity contribution is 5.95. The molecule has 2 aromatic rings. The van der Waals surface area contributed by atoms with E-state index in [0.29, 0.717) is 17.1 Å². The summed E-state index contributed by atoms with van der Waals surface area (Å²) in [6.07, 6.45) is 5.16. The van der Waals surface area contributed by atoms with Gasteiger partial charge in [0.2, 0.25) is 0 Å². The second kappa shape index (κ2) is 8.38. The maximum Gasteiger partial charge on any atom is 0.271 e. The molecule has 5 nitrogen and oxygen atoms in total. The lowest BCUT2D eigenvalue weighted by atomic mass is 10.2. The summed E-state index contributed by atoms with van der Waals surface area (Å²) >= 11 is 0. The molecule has 0 atom stereocenters. The fourth-order valence-electron chi connectivity index (χ4n) is 1.86. The number of carbonyl (C=O) groups is 1. The van der Waals surface area contributed by atoms with E-state index in [1.165, 1.54) is 20.4 Å². The quantitative estimate of drug-likeness (QED) is 0.658. The van der Waals surface area contributed by atoms with Gasteiger partial charge in [0.15, 0.2) is 0 Å². The minimum Gasteiger partial charge on any atom is -0.497 e. The van der Waals surface area contributed by atoms with Gasteiger partial charge in [-0.2, -0.15) is 5.10 Å². The Labute approximate surface area is 135 Å². The van der Waals surface area contributed by atoms with Gasteiger partial charge in [0.05, 0.1) is 14.2 Å². The smallest absolute Gasteiger partial charge is 0.271 e. The Morgan fingerprint density at radius 1 is 1.04 bits per heavy atom. The van der Waals surface area contributed by atoms with Crippen molar-refractivity contribution in [2.75, 3.05) is 14.2 Å². The average Bonchev–Trinajstić information content (AvgIpc) is 2.61. The van der Waals surface area contributed by atoms with Gasteiger partial charge in [-0.3, -0.25) is 4.79 Å². The summed E-state index contributed by atoms with van der Waals surface area (Å²) in [6.45, 7) is 0. The number of carbonyl (C=O) groups excluding carboxylic acids is 1. The molecule has 0 bridgehead atoms. The fourth-order valence-corrected chi connectivity index (χ4v) is 1.86. The number of nitrogens with one attached hydrogen (secondary N) is 1. The molecule has 0 saturated heterocycles. The van der Waals surface area contributed by atoms with Crippen LogP contribution >= 0.6 is 0 Å². The third-order valence-electron chi connectivity index (χ3n) is 3.03. The van der Waals surface area contributed by atoms with E-state index in [-0.39, 0.29) is 5.91 Å². The Bertz CT molecular complexity index is 687. The van der Waals surface area contributed by atoms with Crippen LogP contribution in [0.5, 0.6) is 11.5 Å². The van der Waals surface area contributed by atoms with E-state index in [9.17, 15) is 4.79 Å². The van der Waals surface area contributed by atoms with Gasteiger partial charge in [0, 0.05) is 17.8 Å². The van der Waals surface area contributed by atoms with Crippen molar-refractivity contribution in [2.24, 2.45) is 5.10 Å². The highest BCUT2D eigenvalue weighted by Crippen LogP contribution is 2.22. The van der Waals surface area contributed by atoms with Crippen LogP contribution in [-0.2, 0) is 0 Å². The first-order valence-corrected chi connectivity index (χ1v) is 7.01. The number of rotatable bonds is 6. The molecular formula is C18H18N2O3. The molecule has 0 heterocycles. The van der Waals surface area contributed by atoms with Crippen molar-refractivity contribution >= 4 is 18.2 Å². The fraction of sp³-hybridized carbons (Fsp3) is 0.111. The number of nitrogens with zero attached hydrogens (tertiary/aromatic N) is 1. The molecule has 1 amide bonds. The van der Waals surface area contributed by atoms with Crippen LogP contribution in [0, 0.1) is 0 Å². The first-order valence-electron chi connectivity index (χ1n) is 7.01. The summed E-state index contributed by atoms with van der Waals surface area (Å²) in [5.41, 5.74) is 3.92. The average molecular weight is 310 g/mol. The van der Waals surface area contributed by atoms with E-state index in [1.54, 1.807) is 24.3 Å². The second-order valence-corrected chi connectivity index (χ2v) is 4.59. The summed E-state index contributed by atoms with van der Waals surface area (Å²) in [5, 5.41) is 3.88. The van der Waals surface area contributed by atoms with Crippen LogP contribution in [0.15, 0.2) is 59.7 Å². The van der Waals surface area contributed by atoms with Crippen molar-refractivity contribution in [3.05, 3.63) is 65.7 Å². The van der Waals surface area contributed by atoms with E-state index in [2.05, 4.69) is 10.5 Å². The highest BCUT2D eigenvalue weighted by Gasteiger charge is 2.08. The van der Waals surface area contributed by atoms with Gasteiger partial charge in [0.1, 0.15) is 11.5 Å². The zero-order valence-electron chi connectivity index (χ0n) is 13.0. The molecule has 2 aromatic carbocycles. The molecule has 23 heavy (non-hydrogen) atoms. The van der Waals surface area contributed by atoms with Crippen molar-refractivity contribution in [3.63, 3.8) is 0 Å². The van der Waals surface area contributed by atoms with E-state index in [1.807, 2.05) is 36.4 Å². The van der Waals surface area contributed by atoms with Crippen LogP contribution in [0.4, 0.5) is 0 Å². The number of amides is 1. The van der Waals surface area contributed by atoms with Crippen molar-refractivity contribution in [1.29, 1.82) is 0 Å². The van der Waals surface area contributed by atoms with Gasteiger partial charge in [-0.15, -0.1) is 0 Å². The molecule has 5 heteroatoms. The van der Waals surface area contributed by atoms with Gasteiger partial charge in [-0.1, -0.05) is 36.4 Å². The number of hydrogen-bond donors (Lipinski definition) is 1. The maximum absolute atomic E-state index is 12.1. The summed E-state index contributed by atoms with van der Waals surface area (Å²) in [4.78, 5) is 12.1. The molecule has 1 N–H and O–H groups in total. The molecule has 0 unspecified atom stereocenters. The Kier molecular flexibility index (Phi) is 5.94. The third-order valence-corrected chi connectivity index (χ3v) is 3.03. The minimum absolute atomic E-state index is 0.341. The molecule has 0 aromatic heterocycles. The number of hydrogen-bond acceptors (Lipinski definition) is 4. The third kappa shape index (κ3) is 5.00. The second-order valence-electron chi connectivity index (χ2n) is 4.59. The molecule has 0 aliphatic rings. The van der Waals surface area contributed by atoms with Gasteiger partial charge in [-0.25, -0.2) is 5.43 Å². The lowest BCUT2D eigenvalue weighted by Gasteiger charge is -2.07. The predicted molar refractivity (Wildman–Crippen MR) is 91.0 cm³/mol.